The van der Waals surface area contributed by atoms with Gasteiger partial charge in [0.1, 0.15) is 23.0 Å². The number of methoxy groups -OCH3 is 1. The highest BCUT2D eigenvalue weighted by atomic mass is 16.5. The SMILES string of the molecule is CCCc1c(OCCCOc2ccc(C=CC(=O)N(C)C)c(OC)c2CC2CC2)ccc2c1OC(C(=O)O)CC2. The van der Waals surface area contributed by atoms with Crippen LogP contribution in [0.4, 0.5) is 0 Å². The van der Waals surface area contributed by atoms with E-state index in [2.05, 4.69) is 6.92 Å². The van der Waals surface area contributed by atoms with E-state index in [1.807, 2.05) is 24.3 Å². The van der Waals surface area contributed by atoms with Crippen LogP contribution in [-0.2, 0) is 28.9 Å². The zero-order chi connectivity index (χ0) is 28.6. The Morgan fingerprint density at radius 3 is 2.38 bits per heavy atom. The van der Waals surface area contributed by atoms with Crippen LogP contribution in [0.2, 0.25) is 0 Å². The molecule has 0 saturated heterocycles. The van der Waals surface area contributed by atoms with Gasteiger partial charge in [0, 0.05) is 43.3 Å². The Morgan fingerprint density at radius 1 is 1.05 bits per heavy atom. The molecule has 0 bridgehead atoms. The smallest absolute Gasteiger partial charge is 0.344 e. The van der Waals surface area contributed by atoms with Gasteiger partial charge in [0.15, 0.2) is 6.10 Å². The van der Waals surface area contributed by atoms with Crippen molar-refractivity contribution in [1.29, 1.82) is 0 Å². The Hall–Kier alpha value is -3.68. The number of rotatable bonds is 14. The standard InChI is InChI=1S/C32H41NO7/c1-5-7-24-26(14-11-23-12-16-28(32(35)36)40-31(23)24)38-18-6-19-39-27-15-10-22(13-17-29(34)33(2)3)30(37-4)25(27)20-21-8-9-21/h10-11,13-15,17,21,28H,5-9,12,16,18-20H2,1-4H3,(H,35,36). The maximum atomic E-state index is 12.1. The van der Waals surface area contributed by atoms with Crippen molar-refractivity contribution in [2.75, 3.05) is 34.4 Å². The molecular weight excluding hydrogens is 510 g/mol. The van der Waals surface area contributed by atoms with Crippen LogP contribution in [0.15, 0.2) is 30.3 Å². The van der Waals surface area contributed by atoms with E-state index in [4.69, 9.17) is 18.9 Å². The molecule has 8 heteroatoms. The van der Waals surface area contributed by atoms with E-state index in [-0.39, 0.29) is 5.91 Å². The zero-order valence-corrected chi connectivity index (χ0v) is 24.0. The topological polar surface area (TPSA) is 94.5 Å². The fraction of sp³-hybridized carbons (Fsp3) is 0.500. The zero-order valence-electron chi connectivity index (χ0n) is 24.0. The number of hydrogen-bond acceptors (Lipinski definition) is 6. The predicted molar refractivity (Wildman–Crippen MR) is 154 cm³/mol. The molecule has 4 rings (SSSR count). The van der Waals surface area contributed by atoms with Crippen molar-refractivity contribution in [3.05, 3.63) is 52.6 Å². The second-order valence-corrected chi connectivity index (χ2v) is 10.7. The Balaban J connectivity index is 1.41. The highest BCUT2D eigenvalue weighted by Crippen LogP contribution is 2.41. The number of carbonyl (C=O) groups is 2. The van der Waals surface area contributed by atoms with Crippen LogP contribution in [0.3, 0.4) is 0 Å². The summed E-state index contributed by atoms with van der Waals surface area (Å²) in [5.41, 5.74) is 3.88. The number of likely N-dealkylation sites (N-methyl/N-ethyl adjacent to an activating group) is 1. The highest BCUT2D eigenvalue weighted by Gasteiger charge is 2.29. The van der Waals surface area contributed by atoms with Gasteiger partial charge in [0.2, 0.25) is 5.91 Å². The van der Waals surface area contributed by atoms with Crippen LogP contribution in [0.25, 0.3) is 6.08 Å². The molecule has 8 nitrogen and oxygen atoms in total. The maximum absolute atomic E-state index is 12.1. The molecule has 1 fully saturated rings. The van der Waals surface area contributed by atoms with E-state index in [9.17, 15) is 14.7 Å². The number of carboxylic acids is 1. The predicted octanol–water partition coefficient (Wildman–Crippen LogP) is 5.33. The minimum Gasteiger partial charge on any atom is -0.496 e. The van der Waals surface area contributed by atoms with Gasteiger partial charge >= 0.3 is 5.97 Å². The largest absolute Gasteiger partial charge is 0.496 e. The normalized spacial score (nSPS) is 16.2. The molecule has 1 aliphatic heterocycles. The van der Waals surface area contributed by atoms with Gasteiger partial charge in [-0.05, 0) is 74.3 Å². The van der Waals surface area contributed by atoms with Gasteiger partial charge in [-0.2, -0.15) is 0 Å². The molecule has 1 aliphatic carbocycles. The lowest BCUT2D eigenvalue weighted by Gasteiger charge is -2.26. The second kappa shape index (κ2) is 13.6. The van der Waals surface area contributed by atoms with Crippen molar-refractivity contribution in [1.82, 2.24) is 4.90 Å². The molecule has 0 radical (unpaired) electrons. The molecule has 1 amide bonds. The van der Waals surface area contributed by atoms with Crippen LogP contribution in [0.1, 0.15) is 61.3 Å². The molecule has 1 heterocycles. The number of ether oxygens (including phenoxy) is 4. The van der Waals surface area contributed by atoms with Gasteiger partial charge in [0.25, 0.3) is 0 Å². The molecule has 40 heavy (non-hydrogen) atoms. The molecule has 2 aromatic carbocycles. The minimum absolute atomic E-state index is 0.0830. The summed E-state index contributed by atoms with van der Waals surface area (Å²) < 4.78 is 24.1. The summed E-state index contributed by atoms with van der Waals surface area (Å²) in [5.74, 6) is 2.58. The average molecular weight is 552 g/mol. The lowest BCUT2D eigenvalue weighted by molar-refractivity contribution is -0.145. The van der Waals surface area contributed by atoms with E-state index in [0.29, 0.717) is 44.1 Å². The molecule has 1 saturated carbocycles. The van der Waals surface area contributed by atoms with Gasteiger partial charge in [-0.3, -0.25) is 4.79 Å². The van der Waals surface area contributed by atoms with Crippen LogP contribution in [0, 0.1) is 5.92 Å². The third kappa shape index (κ3) is 7.29. The van der Waals surface area contributed by atoms with Crippen LogP contribution >= 0.6 is 0 Å². The van der Waals surface area contributed by atoms with E-state index < -0.39 is 12.1 Å². The molecule has 1 unspecified atom stereocenters. The van der Waals surface area contributed by atoms with Crippen molar-refractivity contribution >= 4 is 18.0 Å². The molecule has 2 aromatic rings. The van der Waals surface area contributed by atoms with E-state index in [1.54, 1.807) is 33.4 Å². The summed E-state index contributed by atoms with van der Waals surface area (Å²) >= 11 is 0. The summed E-state index contributed by atoms with van der Waals surface area (Å²) in [5, 5.41) is 9.44. The van der Waals surface area contributed by atoms with Gasteiger partial charge in [0.05, 0.1) is 20.3 Å². The van der Waals surface area contributed by atoms with Crippen molar-refractivity contribution < 1.29 is 33.6 Å². The lowest BCUT2D eigenvalue weighted by Crippen LogP contribution is -2.31. The molecule has 1 N–H and O–H groups in total. The van der Waals surface area contributed by atoms with E-state index in [0.717, 1.165) is 58.8 Å². The average Bonchev–Trinajstić information content (AvgIpc) is 3.77. The first-order valence-corrected chi connectivity index (χ1v) is 14.2. The van der Waals surface area contributed by atoms with Crippen LogP contribution in [0.5, 0.6) is 23.0 Å². The number of hydrogen-bond donors (Lipinski definition) is 1. The molecule has 0 spiro atoms. The second-order valence-electron chi connectivity index (χ2n) is 10.7. The monoisotopic (exact) mass is 551 g/mol. The number of fused-ring (bicyclic) bond motifs is 1. The first-order chi connectivity index (χ1) is 19.3. The fourth-order valence-corrected chi connectivity index (χ4v) is 4.96. The summed E-state index contributed by atoms with van der Waals surface area (Å²) in [7, 11) is 5.10. The van der Waals surface area contributed by atoms with Crippen LogP contribution in [-0.4, -0.2) is 62.4 Å². The molecule has 216 valence electrons. The molecule has 0 aromatic heterocycles. The first-order valence-electron chi connectivity index (χ1n) is 14.2. The lowest BCUT2D eigenvalue weighted by atomic mass is 9.96. The van der Waals surface area contributed by atoms with Crippen LogP contribution < -0.4 is 18.9 Å². The molecule has 1 atom stereocenters. The summed E-state index contributed by atoms with van der Waals surface area (Å²) in [6.45, 7) is 3.02. The highest BCUT2D eigenvalue weighted by molar-refractivity contribution is 5.92. The third-order valence-electron chi connectivity index (χ3n) is 7.30. The number of amides is 1. The Bertz CT molecular complexity index is 1230. The molecule has 2 aliphatic rings. The van der Waals surface area contributed by atoms with Gasteiger partial charge < -0.3 is 29.0 Å². The molecular formula is C32H41NO7. The number of benzene rings is 2. The van der Waals surface area contributed by atoms with Crippen molar-refractivity contribution in [2.45, 2.75) is 64.4 Å². The fourth-order valence-electron chi connectivity index (χ4n) is 4.96. The number of aryl methyl sites for hydroxylation is 1. The van der Waals surface area contributed by atoms with Crippen molar-refractivity contribution in [3.63, 3.8) is 0 Å². The Labute approximate surface area is 236 Å². The number of carboxylic acid groups (broad SMARTS) is 1. The first kappa shape index (κ1) is 29.3. The van der Waals surface area contributed by atoms with Crippen molar-refractivity contribution in [3.8, 4) is 23.0 Å². The Morgan fingerprint density at radius 2 is 1.75 bits per heavy atom. The van der Waals surface area contributed by atoms with Crippen molar-refractivity contribution in [2.24, 2.45) is 5.92 Å². The van der Waals surface area contributed by atoms with Gasteiger partial charge in [-0.15, -0.1) is 0 Å². The summed E-state index contributed by atoms with van der Waals surface area (Å²) in [6, 6.07) is 7.84. The van der Waals surface area contributed by atoms with Gasteiger partial charge in [-0.1, -0.05) is 19.4 Å². The van der Waals surface area contributed by atoms with Gasteiger partial charge in [-0.25, -0.2) is 4.79 Å². The van der Waals surface area contributed by atoms with E-state index in [1.165, 1.54) is 17.7 Å². The quantitative estimate of drug-likeness (QED) is 0.251. The number of carbonyl (C=O) groups excluding carboxylic acids is 1. The Kier molecular flexibility index (Phi) is 9.96. The minimum atomic E-state index is -0.930. The third-order valence-corrected chi connectivity index (χ3v) is 7.30. The summed E-state index contributed by atoms with van der Waals surface area (Å²) in [6.07, 6.45) is 9.31. The van der Waals surface area contributed by atoms with E-state index >= 15 is 0 Å². The number of nitrogens with zero attached hydrogens (tertiary/aromatic N) is 1. The summed E-state index contributed by atoms with van der Waals surface area (Å²) in [4.78, 5) is 25.1. The maximum Gasteiger partial charge on any atom is 0.344 e. The number of aliphatic carboxylic acids is 1.